The van der Waals surface area contributed by atoms with E-state index in [1.54, 1.807) is 26.3 Å². The first-order chi connectivity index (χ1) is 9.24. The topological polar surface area (TPSA) is 41.8 Å². The second-order valence-corrected chi connectivity index (χ2v) is 5.31. The summed E-state index contributed by atoms with van der Waals surface area (Å²) in [6.45, 7) is 0. The van der Waals surface area contributed by atoms with Crippen molar-refractivity contribution >= 4 is 25.4 Å². The van der Waals surface area contributed by atoms with Crippen LogP contribution in [0, 0.1) is 0 Å². The molecule has 0 aliphatic rings. The minimum absolute atomic E-state index is 0.294. The molecule has 0 fully saturated rings. The quantitative estimate of drug-likeness (QED) is 0.684. The van der Waals surface area contributed by atoms with Gasteiger partial charge in [-0.2, -0.15) is 0 Å². The Hall–Kier alpha value is -1.86. The molecule has 0 heterocycles. The number of hydrogen-bond donors (Lipinski definition) is 1. The van der Waals surface area contributed by atoms with E-state index in [4.69, 9.17) is 4.74 Å². The highest BCUT2D eigenvalue weighted by Crippen LogP contribution is 2.23. The van der Waals surface area contributed by atoms with Gasteiger partial charge in [-0.05, 0) is 29.1 Å². The molecule has 0 radical (unpaired) electrons. The van der Waals surface area contributed by atoms with Gasteiger partial charge in [-0.3, -0.25) is 4.99 Å². The number of benzene rings is 2. The van der Waals surface area contributed by atoms with E-state index < -0.39 is 0 Å². The summed E-state index contributed by atoms with van der Waals surface area (Å²) in [7, 11) is 3.74. The van der Waals surface area contributed by atoms with E-state index in [1.807, 2.05) is 36.5 Å². The molecular weight excluding hydrogens is 257 g/mol. The van der Waals surface area contributed by atoms with Crippen molar-refractivity contribution in [2.45, 2.75) is 0 Å². The van der Waals surface area contributed by atoms with Crippen LogP contribution in [0.5, 0.6) is 11.5 Å². The standard InChI is InChI=1S/C15H16NO2P/c1-16-10-11-5-3-4-6-14(11)19-15-9-12(18-2)7-8-13(15)17/h3-10,17,19H,1-2H3/b16-10+. The van der Waals surface area contributed by atoms with Crippen molar-refractivity contribution in [1.29, 1.82) is 0 Å². The average molecular weight is 273 g/mol. The molecule has 0 bridgehead atoms. The van der Waals surface area contributed by atoms with Crippen LogP contribution in [-0.4, -0.2) is 25.5 Å². The van der Waals surface area contributed by atoms with Crippen LogP contribution in [0.3, 0.4) is 0 Å². The number of hydrogen-bond acceptors (Lipinski definition) is 3. The van der Waals surface area contributed by atoms with Gasteiger partial charge >= 0.3 is 0 Å². The van der Waals surface area contributed by atoms with Gasteiger partial charge in [-0.25, -0.2) is 0 Å². The molecule has 0 aliphatic heterocycles. The van der Waals surface area contributed by atoms with Gasteiger partial charge in [0.2, 0.25) is 0 Å². The fourth-order valence-electron chi connectivity index (χ4n) is 1.75. The molecule has 0 spiro atoms. The number of rotatable bonds is 4. The monoisotopic (exact) mass is 273 g/mol. The molecule has 0 saturated carbocycles. The lowest BCUT2D eigenvalue weighted by molar-refractivity contribution is 0.413. The van der Waals surface area contributed by atoms with E-state index in [0.717, 1.165) is 21.9 Å². The summed E-state index contributed by atoms with van der Waals surface area (Å²) in [5.74, 6) is 1.05. The molecular formula is C15H16NO2P. The van der Waals surface area contributed by atoms with Crippen LogP contribution in [0.4, 0.5) is 0 Å². The second kappa shape index (κ2) is 6.35. The lowest BCUT2D eigenvalue weighted by Crippen LogP contribution is -2.09. The molecule has 0 saturated heterocycles. The lowest BCUT2D eigenvalue weighted by Gasteiger charge is -2.09. The van der Waals surface area contributed by atoms with Crippen molar-refractivity contribution in [2.24, 2.45) is 4.99 Å². The highest BCUT2D eigenvalue weighted by atomic mass is 31.1. The van der Waals surface area contributed by atoms with Crippen molar-refractivity contribution in [2.75, 3.05) is 14.2 Å². The highest BCUT2D eigenvalue weighted by Gasteiger charge is 2.07. The molecule has 19 heavy (non-hydrogen) atoms. The molecule has 3 nitrogen and oxygen atoms in total. The zero-order valence-electron chi connectivity index (χ0n) is 10.9. The Bertz CT molecular complexity index is 596. The molecule has 1 unspecified atom stereocenters. The van der Waals surface area contributed by atoms with Crippen LogP contribution in [-0.2, 0) is 0 Å². The predicted molar refractivity (Wildman–Crippen MR) is 82.2 cm³/mol. The highest BCUT2D eigenvalue weighted by molar-refractivity contribution is 7.56. The van der Waals surface area contributed by atoms with Crippen LogP contribution in [0.25, 0.3) is 0 Å². The third kappa shape index (κ3) is 3.33. The van der Waals surface area contributed by atoms with Crippen LogP contribution in [0.15, 0.2) is 47.5 Å². The molecule has 1 atom stereocenters. The maximum atomic E-state index is 9.93. The van der Waals surface area contributed by atoms with Crippen LogP contribution in [0.1, 0.15) is 5.56 Å². The van der Waals surface area contributed by atoms with Crippen molar-refractivity contribution < 1.29 is 9.84 Å². The van der Waals surface area contributed by atoms with Gasteiger partial charge in [0.15, 0.2) is 0 Å². The van der Waals surface area contributed by atoms with Crippen molar-refractivity contribution in [3.63, 3.8) is 0 Å². The summed E-state index contributed by atoms with van der Waals surface area (Å²) in [5, 5.41) is 12.0. The molecule has 98 valence electrons. The van der Waals surface area contributed by atoms with Gasteiger partial charge in [0.25, 0.3) is 0 Å². The first-order valence-corrected chi connectivity index (χ1v) is 6.90. The summed E-state index contributed by atoms with van der Waals surface area (Å²) in [5.41, 5.74) is 1.07. The fourth-order valence-corrected chi connectivity index (χ4v) is 2.94. The third-order valence-corrected chi connectivity index (χ3v) is 4.10. The van der Waals surface area contributed by atoms with Crippen LogP contribution >= 0.6 is 8.58 Å². The van der Waals surface area contributed by atoms with Gasteiger partial charge in [0.05, 0.1) is 7.11 Å². The zero-order valence-corrected chi connectivity index (χ0v) is 11.9. The Morgan fingerprint density at radius 3 is 2.68 bits per heavy atom. The largest absolute Gasteiger partial charge is 0.507 e. The number of aliphatic imine (C=N–C) groups is 1. The van der Waals surface area contributed by atoms with Crippen molar-refractivity contribution in [3.05, 3.63) is 48.0 Å². The number of phenolic OH excluding ortho intramolecular Hbond substituents is 1. The van der Waals surface area contributed by atoms with Gasteiger partial charge in [0, 0.05) is 18.6 Å². The first-order valence-electron chi connectivity index (χ1n) is 5.90. The number of aromatic hydroxyl groups is 1. The minimum atomic E-state index is 0.294. The zero-order chi connectivity index (χ0) is 13.7. The number of ether oxygens (including phenoxy) is 1. The summed E-state index contributed by atoms with van der Waals surface area (Å²) >= 11 is 0. The smallest absolute Gasteiger partial charge is 0.123 e. The summed E-state index contributed by atoms with van der Waals surface area (Å²) in [6.07, 6.45) is 1.83. The second-order valence-electron chi connectivity index (χ2n) is 3.98. The summed E-state index contributed by atoms with van der Waals surface area (Å²) < 4.78 is 5.19. The third-order valence-electron chi connectivity index (χ3n) is 2.70. The summed E-state index contributed by atoms with van der Waals surface area (Å²) in [6, 6.07) is 13.3. The van der Waals surface area contributed by atoms with Crippen molar-refractivity contribution in [3.8, 4) is 11.5 Å². The minimum Gasteiger partial charge on any atom is -0.507 e. The SMILES string of the molecule is C/N=C/c1ccccc1Pc1cc(OC)ccc1O. The van der Waals surface area contributed by atoms with E-state index in [9.17, 15) is 5.11 Å². The van der Waals surface area contributed by atoms with E-state index in [1.165, 1.54) is 0 Å². The van der Waals surface area contributed by atoms with Gasteiger partial charge in [0.1, 0.15) is 11.5 Å². The van der Waals surface area contributed by atoms with E-state index in [2.05, 4.69) is 4.99 Å². The Kier molecular flexibility index (Phi) is 4.53. The Balaban J connectivity index is 2.35. The predicted octanol–water partition coefficient (Wildman–Crippen LogP) is 2.08. The number of phenols is 1. The lowest BCUT2D eigenvalue weighted by atomic mass is 10.2. The average Bonchev–Trinajstić information content (AvgIpc) is 2.43. The summed E-state index contributed by atoms with van der Waals surface area (Å²) in [4.78, 5) is 4.06. The van der Waals surface area contributed by atoms with E-state index in [0.29, 0.717) is 14.3 Å². The van der Waals surface area contributed by atoms with Gasteiger partial charge < -0.3 is 9.84 Å². The fraction of sp³-hybridized carbons (Fsp3) is 0.133. The maximum Gasteiger partial charge on any atom is 0.123 e. The van der Waals surface area contributed by atoms with E-state index >= 15 is 0 Å². The van der Waals surface area contributed by atoms with Gasteiger partial charge in [-0.15, -0.1) is 0 Å². The Morgan fingerprint density at radius 1 is 1.16 bits per heavy atom. The molecule has 0 aliphatic carbocycles. The molecule has 1 N–H and O–H groups in total. The molecule has 2 aromatic rings. The normalized spacial score (nSPS) is 11.5. The van der Waals surface area contributed by atoms with Crippen molar-refractivity contribution in [1.82, 2.24) is 0 Å². The molecule has 2 aromatic carbocycles. The Morgan fingerprint density at radius 2 is 1.95 bits per heavy atom. The molecule has 4 heteroatoms. The number of nitrogens with zero attached hydrogens (tertiary/aromatic N) is 1. The van der Waals surface area contributed by atoms with Gasteiger partial charge in [-0.1, -0.05) is 32.8 Å². The van der Waals surface area contributed by atoms with Crippen LogP contribution < -0.4 is 15.3 Å². The maximum absolute atomic E-state index is 9.93. The van der Waals surface area contributed by atoms with Crippen LogP contribution in [0.2, 0.25) is 0 Å². The Labute approximate surface area is 114 Å². The number of methoxy groups -OCH3 is 1. The van der Waals surface area contributed by atoms with E-state index in [-0.39, 0.29) is 0 Å². The molecule has 0 aromatic heterocycles. The molecule has 0 amide bonds. The molecule has 2 rings (SSSR count). The first kappa shape index (κ1) is 13.6.